The minimum absolute atomic E-state index is 0.126. The molecular formula is C17H22N4O2. The van der Waals surface area contributed by atoms with E-state index in [4.69, 9.17) is 0 Å². The Morgan fingerprint density at radius 1 is 1.30 bits per heavy atom. The van der Waals surface area contributed by atoms with Crippen LogP contribution >= 0.6 is 0 Å². The van der Waals surface area contributed by atoms with Gasteiger partial charge < -0.3 is 10.2 Å². The number of non-ortho nitro benzene ring substituents is 1. The predicted molar refractivity (Wildman–Crippen MR) is 91.9 cm³/mol. The fourth-order valence-electron chi connectivity index (χ4n) is 3.41. The quantitative estimate of drug-likeness (QED) is 0.678. The van der Waals surface area contributed by atoms with Gasteiger partial charge >= 0.3 is 0 Å². The first-order valence-electron chi connectivity index (χ1n) is 8.11. The van der Waals surface area contributed by atoms with Crippen LogP contribution in [0.25, 0.3) is 10.8 Å². The second-order valence-corrected chi connectivity index (χ2v) is 6.10. The van der Waals surface area contributed by atoms with Crippen LogP contribution in [0.15, 0.2) is 30.6 Å². The molecule has 1 aromatic carbocycles. The van der Waals surface area contributed by atoms with Crippen LogP contribution in [0.5, 0.6) is 0 Å². The van der Waals surface area contributed by atoms with Crippen LogP contribution in [0.1, 0.15) is 19.3 Å². The highest BCUT2D eigenvalue weighted by molar-refractivity contribution is 5.99. The highest BCUT2D eigenvalue weighted by Gasteiger charge is 2.22. The molecule has 2 heterocycles. The summed E-state index contributed by atoms with van der Waals surface area (Å²) in [6.07, 6.45) is 6.86. The molecule has 0 unspecified atom stereocenters. The number of hydrogen-bond acceptors (Lipinski definition) is 5. The van der Waals surface area contributed by atoms with Crippen LogP contribution in [0.2, 0.25) is 0 Å². The molecule has 1 aliphatic rings. The van der Waals surface area contributed by atoms with Crippen molar-refractivity contribution < 1.29 is 4.92 Å². The fraction of sp³-hybridized carbons (Fsp3) is 0.471. The van der Waals surface area contributed by atoms with Gasteiger partial charge in [0.25, 0.3) is 5.69 Å². The molecule has 122 valence electrons. The van der Waals surface area contributed by atoms with Gasteiger partial charge in [-0.3, -0.25) is 15.1 Å². The number of pyridine rings is 1. The first-order valence-corrected chi connectivity index (χ1v) is 8.11. The largest absolute Gasteiger partial charge is 0.371 e. The average Bonchev–Trinajstić information content (AvgIpc) is 2.59. The molecule has 6 nitrogen and oxygen atoms in total. The van der Waals surface area contributed by atoms with Crippen molar-refractivity contribution in [1.82, 2.24) is 10.3 Å². The summed E-state index contributed by atoms with van der Waals surface area (Å²) in [5, 5.41) is 16.0. The number of nitro benzene ring substituents is 1. The number of anilines is 1. The summed E-state index contributed by atoms with van der Waals surface area (Å²) in [4.78, 5) is 17.3. The van der Waals surface area contributed by atoms with Crippen LogP contribution < -0.4 is 10.2 Å². The Balaban J connectivity index is 1.84. The maximum Gasteiger partial charge on any atom is 0.278 e. The third-order valence-electron chi connectivity index (χ3n) is 4.73. The fourth-order valence-corrected chi connectivity index (χ4v) is 3.41. The zero-order chi connectivity index (χ0) is 16.2. The molecule has 0 saturated carbocycles. The van der Waals surface area contributed by atoms with Gasteiger partial charge in [-0.15, -0.1) is 0 Å². The molecule has 0 amide bonds. The van der Waals surface area contributed by atoms with Crippen molar-refractivity contribution in [3.63, 3.8) is 0 Å². The summed E-state index contributed by atoms with van der Waals surface area (Å²) < 4.78 is 0. The average molecular weight is 314 g/mol. The van der Waals surface area contributed by atoms with E-state index >= 15 is 0 Å². The Hall–Kier alpha value is -2.21. The maximum absolute atomic E-state index is 11.2. The van der Waals surface area contributed by atoms with E-state index in [-0.39, 0.29) is 10.6 Å². The third-order valence-corrected chi connectivity index (χ3v) is 4.73. The molecule has 1 aromatic heterocycles. The summed E-state index contributed by atoms with van der Waals surface area (Å²) >= 11 is 0. The van der Waals surface area contributed by atoms with Gasteiger partial charge in [-0.2, -0.15) is 0 Å². The van der Waals surface area contributed by atoms with Crippen LogP contribution in [-0.4, -0.2) is 36.6 Å². The lowest BCUT2D eigenvalue weighted by molar-refractivity contribution is -0.383. The van der Waals surface area contributed by atoms with E-state index < -0.39 is 0 Å². The van der Waals surface area contributed by atoms with E-state index in [9.17, 15) is 10.1 Å². The number of rotatable bonds is 5. The molecule has 1 aliphatic heterocycles. The van der Waals surface area contributed by atoms with E-state index in [1.54, 1.807) is 18.5 Å². The standard InChI is InChI=1S/C17H22N4O2/c1-18-8-4-13-6-10-20(11-7-13)16-2-3-17(21(22)23)15-12-19-9-5-14(15)16/h2-3,5,9,12-13,18H,4,6-8,10-11H2,1H3. The van der Waals surface area contributed by atoms with Crippen LogP contribution in [0, 0.1) is 16.0 Å². The summed E-state index contributed by atoms with van der Waals surface area (Å²) in [5.74, 6) is 0.768. The molecule has 0 aliphatic carbocycles. The van der Waals surface area contributed by atoms with Crippen LogP contribution in [0.4, 0.5) is 11.4 Å². The second-order valence-electron chi connectivity index (χ2n) is 6.10. The first-order chi connectivity index (χ1) is 11.2. The Morgan fingerprint density at radius 3 is 2.78 bits per heavy atom. The van der Waals surface area contributed by atoms with Crippen molar-refractivity contribution in [3.8, 4) is 0 Å². The van der Waals surface area contributed by atoms with Crippen molar-refractivity contribution in [2.24, 2.45) is 5.92 Å². The number of nitrogens with zero attached hydrogens (tertiary/aromatic N) is 3. The lowest BCUT2D eigenvalue weighted by atomic mass is 9.93. The van der Waals surface area contributed by atoms with Crippen LogP contribution in [0.3, 0.4) is 0 Å². The highest BCUT2D eigenvalue weighted by Crippen LogP contribution is 2.35. The zero-order valence-electron chi connectivity index (χ0n) is 13.4. The van der Waals surface area contributed by atoms with Crippen molar-refractivity contribution in [2.75, 3.05) is 31.6 Å². The second kappa shape index (κ2) is 6.91. The van der Waals surface area contributed by atoms with Crippen LogP contribution in [-0.2, 0) is 0 Å². The number of nitro groups is 1. The summed E-state index contributed by atoms with van der Waals surface area (Å²) in [6.45, 7) is 3.07. The van der Waals surface area contributed by atoms with Gasteiger partial charge in [-0.25, -0.2) is 0 Å². The van der Waals surface area contributed by atoms with Gasteiger partial charge in [0, 0.05) is 42.6 Å². The van der Waals surface area contributed by atoms with Gasteiger partial charge in [0.15, 0.2) is 0 Å². The molecular weight excluding hydrogens is 292 g/mol. The smallest absolute Gasteiger partial charge is 0.278 e. The molecule has 1 N–H and O–H groups in total. The zero-order valence-corrected chi connectivity index (χ0v) is 13.4. The highest BCUT2D eigenvalue weighted by atomic mass is 16.6. The van der Waals surface area contributed by atoms with E-state index in [1.807, 2.05) is 19.2 Å². The number of hydrogen-bond donors (Lipinski definition) is 1. The van der Waals surface area contributed by atoms with Crippen molar-refractivity contribution in [2.45, 2.75) is 19.3 Å². The molecule has 23 heavy (non-hydrogen) atoms. The number of aromatic nitrogens is 1. The van der Waals surface area contributed by atoms with Gasteiger partial charge in [0.05, 0.1) is 10.3 Å². The topological polar surface area (TPSA) is 71.3 Å². The van der Waals surface area contributed by atoms with E-state index in [0.717, 1.165) is 36.6 Å². The Kier molecular flexibility index (Phi) is 4.71. The van der Waals surface area contributed by atoms with E-state index in [1.165, 1.54) is 19.3 Å². The minimum atomic E-state index is -0.336. The van der Waals surface area contributed by atoms with Gasteiger partial charge in [-0.05, 0) is 50.9 Å². The van der Waals surface area contributed by atoms with Gasteiger partial charge in [0.2, 0.25) is 0 Å². The molecule has 0 spiro atoms. The number of piperidine rings is 1. The maximum atomic E-state index is 11.2. The molecule has 6 heteroatoms. The van der Waals surface area contributed by atoms with Crippen molar-refractivity contribution in [1.29, 1.82) is 0 Å². The monoisotopic (exact) mass is 314 g/mol. The molecule has 3 rings (SSSR count). The number of benzene rings is 1. The SMILES string of the molecule is CNCCC1CCN(c2ccc([N+](=O)[O-])c3cnccc23)CC1. The third kappa shape index (κ3) is 3.27. The van der Waals surface area contributed by atoms with E-state index in [0.29, 0.717) is 5.39 Å². The summed E-state index contributed by atoms with van der Waals surface area (Å²) in [6, 6.07) is 5.37. The lowest BCUT2D eigenvalue weighted by Gasteiger charge is -2.34. The molecule has 1 saturated heterocycles. The van der Waals surface area contributed by atoms with E-state index in [2.05, 4.69) is 15.2 Å². The normalized spacial score (nSPS) is 16.0. The Bertz CT molecular complexity index is 696. The number of fused-ring (bicyclic) bond motifs is 1. The van der Waals surface area contributed by atoms with Gasteiger partial charge in [-0.1, -0.05) is 0 Å². The van der Waals surface area contributed by atoms with Gasteiger partial charge in [0.1, 0.15) is 0 Å². The Labute approximate surface area is 135 Å². The lowest BCUT2D eigenvalue weighted by Crippen LogP contribution is -2.34. The molecule has 2 aromatic rings. The van der Waals surface area contributed by atoms with Crippen molar-refractivity contribution >= 4 is 22.1 Å². The summed E-state index contributed by atoms with van der Waals surface area (Å²) in [7, 11) is 1.99. The number of nitrogens with one attached hydrogen (secondary N) is 1. The first kappa shape index (κ1) is 15.7. The predicted octanol–water partition coefficient (Wildman–Crippen LogP) is 2.97. The molecule has 0 atom stereocenters. The molecule has 1 fully saturated rings. The molecule has 0 bridgehead atoms. The van der Waals surface area contributed by atoms with Crippen molar-refractivity contribution in [3.05, 3.63) is 40.7 Å². The minimum Gasteiger partial charge on any atom is -0.371 e. The molecule has 0 radical (unpaired) electrons. The summed E-state index contributed by atoms with van der Waals surface area (Å²) in [5.41, 5.74) is 1.21. The Morgan fingerprint density at radius 2 is 2.09 bits per heavy atom.